The number of hydrogen-bond donors (Lipinski definition) is 2. The Morgan fingerprint density at radius 1 is 1.33 bits per heavy atom. The number of carbonyl (C=O) groups is 1. The van der Waals surface area contributed by atoms with E-state index in [-0.39, 0.29) is 17.9 Å². The van der Waals surface area contributed by atoms with Crippen molar-refractivity contribution < 1.29 is 9.90 Å². The number of β-amino-alcohol motifs (C(OH)–C–C–N with tert-alkyl or cyclic N) is 1. The summed E-state index contributed by atoms with van der Waals surface area (Å²) in [5, 5.41) is 12.9. The Kier molecular flexibility index (Phi) is 6.21. The smallest absolute Gasteiger partial charge is 0.219 e. The van der Waals surface area contributed by atoms with Crippen molar-refractivity contribution in [3.63, 3.8) is 0 Å². The molecule has 1 fully saturated rings. The van der Waals surface area contributed by atoms with E-state index in [1.165, 1.54) is 5.56 Å². The second kappa shape index (κ2) is 8.15. The van der Waals surface area contributed by atoms with E-state index in [2.05, 4.69) is 34.5 Å². The van der Waals surface area contributed by atoms with Gasteiger partial charge in [-0.05, 0) is 24.9 Å². The van der Waals surface area contributed by atoms with Crippen LogP contribution in [-0.4, -0.2) is 48.2 Å². The monoisotopic (exact) mass is 290 g/mol. The highest BCUT2D eigenvalue weighted by molar-refractivity contribution is 5.75. The van der Waals surface area contributed by atoms with Crippen LogP contribution in [0.3, 0.4) is 0 Å². The number of nitrogens with one attached hydrogen (secondary N) is 1. The van der Waals surface area contributed by atoms with Crippen molar-refractivity contribution in [1.29, 1.82) is 0 Å². The van der Waals surface area contributed by atoms with Gasteiger partial charge in [0.2, 0.25) is 5.91 Å². The number of aryl methyl sites for hydroxylation is 1. The van der Waals surface area contributed by atoms with Crippen LogP contribution in [0.1, 0.15) is 25.3 Å². The van der Waals surface area contributed by atoms with Crippen molar-refractivity contribution in [2.45, 2.75) is 32.3 Å². The van der Waals surface area contributed by atoms with Crippen molar-refractivity contribution in [3.05, 3.63) is 35.9 Å². The third-order valence-electron chi connectivity index (χ3n) is 4.15. The number of amides is 1. The second-order valence-corrected chi connectivity index (χ2v) is 5.83. The largest absolute Gasteiger partial charge is 0.391 e. The van der Waals surface area contributed by atoms with E-state index in [0.717, 1.165) is 32.5 Å². The zero-order valence-corrected chi connectivity index (χ0v) is 12.8. The highest BCUT2D eigenvalue weighted by Gasteiger charge is 2.30. The summed E-state index contributed by atoms with van der Waals surface area (Å²) >= 11 is 0. The fourth-order valence-electron chi connectivity index (χ4n) is 2.85. The molecule has 2 rings (SSSR count). The molecule has 21 heavy (non-hydrogen) atoms. The Morgan fingerprint density at radius 2 is 2.10 bits per heavy atom. The minimum absolute atomic E-state index is 0.0599. The summed E-state index contributed by atoms with van der Waals surface area (Å²) in [7, 11) is 0. The predicted octanol–water partition coefficient (Wildman–Crippen LogP) is 1.44. The van der Waals surface area contributed by atoms with E-state index in [0.29, 0.717) is 13.0 Å². The number of likely N-dealkylation sites (tertiary alicyclic amines) is 1. The quantitative estimate of drug-likeness (QED) is 0.799. The molecule has 2 unspecified atom stereocenters. The maximum atomic E-state index is 11.3. The molecular formula is C17H26N2O2. The van der Waals surface area contributed by atoms with Crippen molar-refractivity contribution in [3.8, 4) is 0 Å². The molecule has 1 aliphatic rings. The van der Waals surface area contributed by atoms with Gasteiger partial charge in [0.05, 0.1) is 6.10 Å². The molecule has 1 aliphatic heterocycles. The van der Waals surface area contributed by atoms with Crippen molar-refractivity contribution in [2.75, 3.05) is 26.2 Å². The van der Waals surface area contributed by atoms with Gasteiger partial charge >= 0.3 is 0 Å². The molecule has 0 aromatic heterocycles. The second-order valence-electron chi connectivity index (χ2n) is 5.83. The molecule has 2 N–H and O–H groups in total. The van der Waals surface area contributed by atoms with E-state index >= 15 is 0 Å². The minimum atomic E-state index is -0.320. The van der Waals surface area contributed by atoms with Crippen LogP contribution in [-0.2, 0) is 11.2 Å². The average molecular weight is 290 g/mol. The third kappa shape index (κ3) is 5.14. The standard InChI is InChI=1S/C17H26N2O2/c1-2-17(21)18-11-15-12-19(13-16(15)20)10-6-9-14-7-4-3-5-8-14/h3-5,7-8,15-16,20H,2,6,9-13H2,1H3,(H,18,21). The summed E-state index contributed by atoms with van der Waals surface area (Å²) in [5.41, 5.74) is 1.36. The van der Waals surface area contributed by atoms with Crippen LogP contribution in [0.5, 0.6) is 0 Å². The molecule has 0 aliphatic carbocycles. The van der Waals surface area contributed by atoms with Gasteiger partial charge in [-0.1, -0.05) is 37.3 Å². The molecular weight excluding hydrogens is 264 g/mol. The highest BCUT2D eigenvalue weighted by atomic mass is 16.3. The van der Waals surface area contributed by atoms with Gasteiger partial charge in [0.15, 0.2) is 0 Å². The van der Waals surface area contributed by atoms with Crippen LogP contribution in [0.2, 0.25) is 0 Å². The molecule has 1 saturated heterocycles. The molecule has 0 spiro atoms. The first-order chi connectivity index (χ1) is 10.2. The molecule has 4 heteroatoms. The number of rotatable bonds is 7. The van der Waals surface area contributed by atoms with E-state index in [4.69, 9.17) is 0 Å². The van der Waals surface area contributed by atoms with Crippen LogP contribution >= 0.6 is 0 Å². The van der Waals surface area contributed by atoms with E-state index in [1.807, 2.05) is 13.0 Å². The molecule has 1 heterocycles. The van der Waals surface area contributed by atoms with Gasteiger partial charge in [0, 0.05) is 32.0 Å². The molecule has 0 bridgehead atoms. The fourth-order valence-corrected chi connectivity index (χ4v) is 2.85. The van der Waals surface area contributed by atoms with Gasteiger partial charge < -0.3 is 15.3 Å². The van der Waals surface area contributed by atoms with E-state index < -0.39 is 0 Å². The SMILES string of the molecule is CCC(=O)NCC1CN(CCCc2ccccc2)CC1O. The first kappa shape index (κ1) is 16.0. The van der Waals surface area contributed by atoms with Crippen LogP contribution in [0.4, 0.5) is 0 Å². The number of benzene rings is 1. The molecule has 0 saturated carbocycles. The maximum absolute atomic E-state index is 11.3. The minimum Gasteiger partial charge on any atom is -0.391 e. The number of hydrogen-bond acceptors (Lipinski definition) is 3. The Balaban J connectivity index is 1.67. The fraction of sp³-hybridized carbons (Fsp3) is 0.588. The van der Waals surface area contributed by atoms with Gasteiger partial charge in [-0.25, -0.2) is 0 Å². The van der Waals surface area contributed by atoms with E-state index in [9.17, 15) is 9.90 Å². The van der Waals surface area contributed by atoms with Gasteiger partial charge in [-0.2, -0.15) is 0 Å². The molecule has 116 valence electrons. The van der Waals surface area contributed by atoms with Crippen LogP contribution in [0.25, 0.3) is 0 Å². The number of aliphatic hydroxyl groups is 1. The van der Waals surface area contributed by atoms with Crippen molar-refractivity contribution in [2.24, 2.45) is 5.92 Å². The molecule has 1 aromatic rings. The zero-order valence-electron chi connectivity index (χ0n) is 12.8. The summed E-state index contributed by atoms with van der Waals surface area (Å²) in [6.45, 7) is 5.03. The first-order valence-corrected chi connectivity index (χ1v) is 7.90. The lowest BCUT2D eigenvalue weighted by Crippen LogP contribution is -2.34. The van der Waals surface area contributed by atoms with Crippen molar-refractivity contribution in [1.82, 2.24) is 10.2 Å². The summed E-state index contributed by atoms with van der Waals surface area (Å²) in [4.78, 5) is 13.6. The summed E-state index contributed by atoms with van der Waals surface area (Å²) in [6.07, 6.45) is 2.36. The molecule has 4 nitrogen and oxygen atoms in total. The number of carbonyl (C=O) groups excluding carboxylic acids is 1. The summed E-state index contributed by atoms with van der Waals surface area (Å²) < 4.78 is 0. The van der Waals surface area contributed by atoms with Crippen molar-refractivity contribution >= 4 is 5.91 Å². The Labute approximate surface area is 127 Å². The van der Waals surface area contributed by atoms with Crippen LogP contribution < -0.4 is 5.32 Å². The lowest BCUT2D eigenvalue weighted by Gasteiger charge is -2.15. The van der Waals surface area contributed by atoms with E-state index in [1.54, 1.807) is 0 Å². The average Bonchev–Trinajstić information content (AvgIpc) is 2.86. The third-order valence-corrected chi connectivity index (χ3v) is 4.15. The normalized spacial score (nSPS) is 22.4. The molecule has 1 aromatic carbocycles. The molecule has 2 atom stereocenters. The molecule has 0 radical (unpaired) electrons. The summed E-state index contributed by atoms with van der Waals surface area (Å²) in [6, 6.07) is 10.5. The first-order valence-electron chi connectivity index (χ1n) is 7.90. The van der Waals surface area contributed by atoms with Gasteiger partial charge in [0.1, 0.15) is 0 Å². The summed E-state index contributed by atoms with van der Waals surface area (Å²) in [5.74, 6) is 0.224. The maximum Gasteiger partial charge on any atom is 0.219 e. The topological polar surface area (TPSA) is 52.6 Å². The molecule has 1 amide bonds. The Morgan fingerprint density at radius 3 is 2.81 bits per heavy atom. The Hall–Kier alpha value is -1.39. The van der Waals surface area contributed by atoms with Gasteiger partial charge in [0.25, 0.3) is 0 Å². The number of nitrogens with zero attached hydrogens (tertiary/aromatic N) is 1. The lowest BCUT2D eigenvalue weighted by atomic mass is 10.1. The number of aliphatic hydroxyl groups excluding tert-OH is 1. The van der Waals surface area contributed by atoms with Gasteiger partial charge in [-0.15, -0.1) is 0 Å². The highest BCUT2D eigenvalue weighted by Crippen LogP contribution is 2.17. The van der Waals surface area contributed by atoms with Crippen LogP contribution in [0.15, 0.2) is 30.3 Å². The zero-order chi connectivity index (χ0) is 15.1. The van der Waals surface area contributed by atoms with Crippen LogP contribution in [0, 0.1) is 5.92 Å². The lowest BCUT2D eigenvalue weighted by molar-refractivity contribution is -0.121. The van der Waals surface area contributed by atoms with Gasteiger partial charge in [-0.3, -0.25) is 4.79 Å². The Bertz CT molecular complexity index is 436. The predicted molar refractivity (Wildman–Crippen MR) is 84.0 cm³/mol.